The van der Waals surface area contributed by atoms with Gasteiger partial charge in [-0.15, -0.1) is 0 Å². The van der Waals surface area contributed by atoms with Crippen LogP contribution in [0.1, 0.15) is 27.2 Å². The molecule has 0 amide bonds. The molecule has 0 aliphatic rings. The van der Waals surface area contributed by atoms with Crippen molar-refractivity contribution in [3.63, 3.8) is 0 Å². The highest BCUT2D eigenvalue weighted by molar-refractivity contribution is 7.91. The largest absolute Gasteiger partial charge is 0.485 e. The molecule has 0 bridgehead atoms. The lowest BCUT2D eigenvalue weighted by molar-refractivity contribution is 0.0823. The zero-order chi connectivity index (χ0) is 34.9. The van der Waals surface area contributed by atoms with Crippen molar-refractivity contribution in [1.29, 1.82) is 0 Å². The minimum absolute atomic E-state index is 0.00216. The lowest BCUT2D eigenvalue weighted by Crippen LogP contribution is -2.16. The first-order valence-electron chi connectivity index (χ1n) is 14.5. The molecule has 49 heavy (non-hydrogen) atoms. The molecule has 4 N–H and O–H groups in total. The van der Waals surface area contributed by atoms with Crippen LogP contribution in [-0.4, -0.2) is 47.0 Å². The van der Waals surface area contributed by atoms with Gasteiger partial charge >= 0.3 is 0 Å². The molecule has 0 fully saturated rings. The monoisotopic (exact) mass is 694 g/mol. The third kappa shape index (κ3) is 7.18. The van der Waals surface area contributed by atoms with E-state index in [4.69, 9.17) is 15.2 Å². The Hall–Kier alpha value is -5.90. The van der Waals surface area contributed by atoms with Gasteiger partial charge < -0.3 is 20.2 Å². The quantitative estimate of drug-likeness (QED) is 0.0966. The number of sulfonamides is 1. The summed E-state index contributed by atoms with van der Waals surface area (Å²) >= 11 is 0. The normalized spacial score (nSPS) is 11.6. The number of nitrogens with zero attached hydrogens (tertiary/aromatic N) is 3. The SMILES string of the molecule is Cc1cc(Oc2c(F)cccc2F)ncc1-n1ncc(C(=O)c2cc3cc(OCC(F)F)c(NS(=O)(=O)Cc4ccccc4)cc3[nH]2)c1N. The molecule has 0 spiro atoms. The van der Waals surface area contributed by atoms with Crippen LogP contribution in [0.4, 0.5) is 29.1 Å². The summed E-state index contributed by atoms with van der Waals surface area (Å²) < 4.78 is 94.3. The molecule has 11 nitrogen and oxygen atoms in total. The summed E-state index contributed by atoms with van der Waals surface area (Å²) in [6.45, 7) is 0.660. The molecule has 0 aliphatic carbocycles. The maximum atomic E-state index is 14.0. The van der Waals surface area contributed by atoms with Gasteiger partial charge in [0, 0.05) is 17.0 Å². The Bertz CT molecular complexity index is 2270. The Kier molecular flexibility index (Phi) is 8.97. The molecule has 3 aromatic heterocycles. The van der Waals surface area contributed by atoms with Crippen molar-refractivity contribution in [2.75, 3.05) is 17.1 Å². The number of halogens is 4. The number of carbonyl (C=O) groups excluding carboxylic acids is 1. The summed E-state index contributed by atoms with van der Waals surface area (Å²) in [4.78, 5) is 20.6. The molecule has 0 atom stereocenters. The fourth-order valence-electron chi connectivity index (χ4n) is 4.99. The Morgan fingerprint density at radius 2 is 1.76 bits per heavy atom. The number of hydrogen-bond acceptors (Lipinski definition) is 8. The molecule has 6 aromatic rings. The van der Waals surface area contributed by atoms with Crippen LogP contribution in [0.3, 0.4) is 0 Å². The number of fused-ring (bicyclic) bond motifs is 1. The highest BCUT2D eigenvalue weighted by atomic mass is 32.2. The van der Waals surface area contributed by atoms with E-state index in [0.717, 1.165) is 12.1 Å². The van der Waals surface area contributed by atoms with Crippen molar-refractivity contribution in [3.8, 4) is 23.1 Å². The standard InChI is InChI=1S/C33H26F4N6O5S/c1-18-10-30(48-32-22(34)8-5-9-23(32)35)39-15-27(18)43-33(38)21(14-40-43)31(44)26-11-20-12-28(47-16-29(36)37)25(13-24(20)41-26)42-49(45,46)17-19-6-3-2-4-7-19/h2-15,29,41-42H,16-17,38H2,1H3. The number of H-pyrrole nitrogens is 1. The summed E-state index contributed by atoms with van der Waals surface area (Å²) in [6, 6.07) is 17.2. The molecule has 252 valence electrons. The molecular formula is C33H26F4N6O5S. The van der Waals surface area contributed by atoms with Crippen molar-refractivity contribution >= 4 is 38.2 Å². The number of aromatic nitrogens is 4. The van der Waals surface area contributed by atoms with Crippen LogP contribution in [0, 0.1) is 18.6 Å². The molecule has 0 unspecified atom stereocenters. The van der Waals surface area contributed by atoms with E-state index in [0.29, 0.717) is 27.7 Å². The van der Waals surface area contributed by atoms with Crippen molar-refractivity contribution < 1.29 is 40.2 Å². The summed E-state index contributed by atoms with van der Waals surface area (Å²) in [5, 5.41) is 4.59. The molecule has 3 aromatic carbocycles. The average Bonchev–Trinajstić information content (AvgIpc) is 3.64. The van der Waals surface area contributed by atoms with Gasteiger partial charge in [0.05, 0.1) is 40.8 Å². The molecule has 0 radical (unpaired) electrons. The summed E-state index contributed by atoms with van der Waals surface area (Å²) in [5.74, 6) is -3.70. The number of rotatable bonds is 12. The van der Waals surface area contributed by atoms with E-state index in [1.54, 1.807) is 37.3 Å². The van der Waals surface area contributed by atoms with Crippen LogP contribution in [0.15, 0.2) is 85.2 Å². The maximum absolute atomic E-state index is 14.0. The minimum atomic E-state index is -4.00. The highest BCUT2D eigenvalue weighted by Crippen LogP contribution is 2.34. The smallest absolute Gasteiger partial charge is 0.272 e. The minimum Gasteiger partial charge on any atom is -0.485 e. The topological polar surface area (TPSA) is 154 Å². The van der Waals surface area contributed by atoms with E-state index in [-0.39, 0.29) is 40.1 Å². The number of ketones is 1. The van der Waals surface area contributed by atoms with Crippen LogP contribution in [0.2, 0.25) is 0 Å². The van der Waals surface area contributed by atoms with Crippen LogP contribution >= 0.6 is 0 Å². The van der Waals surface area contributed by atoms with Crippen LogP contribution < -0.4 is 19.9 Å². The number of aryl methyl sites for hydroxylation is 1. The Morgan fingerprint density at radius 1 is 1.02 bits per heavy atom. The van der Waals surface area contributed by atoms with Gasteiger partial charge in [-0.3, -0.25) is 9.52 Å². The lowest BCUT2D eigenvalue weighted by atomic mass is 10.1. The summed E-state index contributed by atoms with van der Waals surface area (Å²) in [7, 11) is -4.00. The highest BCUT2D eigenvalue weighted by Gasteiger charge is 2.23. The number of carbonyl (C=O) groups is 1. The molecular weight excluding hydrogens is 668 g/mol. The third-order valence-electron chi connectivity index (χ3n) is 7.26. The molecule has 3 heterocycles. The van der Waals surface area contributed by atoms with Gasteiger partial charge in [0.1, 0.15) is 18.2 Å². The van der Waals surface area contributed by atoms with Crippen LogP contribution in [0.5, 0.6) is 17.4 Å². The molecule has 6 rings (SSSR count). The second kappa shape index (κ2) is 13.3. The zero-order valence-corrected chi connectivity index (χ0v) is 26.3. The van der Waals surface area contributed by atoms with Crippen LogP contribution in [0.25, 0.3) is 16.6 Å². The van der Waals surface area contributed by atoms with Crippen LogP contribution in [-0.2, 0) is 15.8 Å². The number of hydrogen-bond donors (Lipinski definition) is 3. The lowest BCUT2D eigenvalue weighted by Gasteiger charge is -2.14. The number of nitrogen functional groups attached to an aromatic ring is 1. The number of nitrogens with one attached hydrogen (secondary N) is 2. The van der Waals surface area contributed by atoms with Gasteiger partial charge in [0.25, 0.3) is 6.43 Å². The number of aromatic amines is 1. The van der Waals surface area contributed by atoms with Gasteiger partial charge in [-0.05, 0) is 48.4 Å². The number of alkyl halides is 2. The number of para-hydroxylation sites is 1. The summed E-state index contributed by atoms with van der Waals surface area (Å²) in [5.41, 5.74) is 7.91. The Balaban J connectivity index is 1.27. The van der Waals surface area contributed by atoms with Gasteiger partial charge in [-0.25, -0.2) is 35.6 Å². The van der Waals surface area contributed by atoms with Gasteiger partial charge in [0.15, 0.2) is 11.6 Å². The van der Waals surface area contributed by atoms with E-state index in [9.17, 15) is 30.8 Å². The third-order valence-corrected chi connectivity index (χ3v) is 8.50. The van der Waals surface area contributed by atoms with E-state index in [1.165, 1.54) is 47.4 Å². The van der Waals surface area contributed by atoms with Crippen molar-refractivity contribution in [2.24, 2.45) is 0 Å². The average molecular weight is 695 g/mol. The van der Waals surface area contributed by atoms with Crippen molar-refractivity contribution in [3.05, 3.63) is 119 Å². The predicted octanol–water partition coefficient (Wildman–Crippen LogP) is 6.53. The van der Waals surface area contributed by atoms with Crippen molar-refractivity contribution in [2.45, 2.75) is 19.1 Å². The van der Waals surface area contributed by atoms with Gasteiger partial charge in [-0.1, -0.05) is 36.4 Å². The number of ether oxygens (including phenoxy) is 2. The fourth-order valence-corrected chi connectivity index (χ4v) is 6.18. The Morgan fingerprint density at radius 3 is 2.45 bits per heavy atom. The first-order valence-corrected chi connectivity index (χ1v) is 16.1. The first-order chi connectivity index (χ1) is 23.4. The number of benzene rings is 3. The van der Waals surface area contributed by atoms with E-state index in [2.05, 4.69) is 19.8 Å². The second-order valence-electron chi connectivity index (χ2n) is 10.8. The van der Waals surface area contributed by atoms with Gasteiger partial charge in [0.2, 0.25) is 27.4 Å². The summed E-state index contributed by atoms with van der Waals surface area (Å²) in [6.07, 6.45) is -0.280. The first kappa shape index (κ1) is 33.0. The van der Waals surface area contributed by atoms with E-state index < -0.39 is 46.2 Å². The molecule has 0 saturated heterocycles. The van der Waals surface area contributed by atoms with Gasteiger partial charge in [-0.2, -0.15) is 5.10 Å². The molecule has 0 aliphatic heterocycles. The Labute approximate surface area is 276 Å². The molecule has 0 saturated carbocycles. The molecule has 16 heteroatoms. The van der Waals surface area contributed by atoms with Crippen molar-refractivity contribution in [1.82, 2.24) is 19.7 Å². The number of anilines is 2. The van der Waals surface area contributed by atoms with E-state index in [1.807, 2.05) is 0 Å². The second-order valence-corrected chi connectivity index (χ2v) is 12.5. The fraction of sp³-hybridized carbons (Fsp3) is 0.121. The van der Waals surface area contributed by atoms with E-state index >= 15 is 0 Å². The number of nitrogens with two attached hydrogens (primary N) is 1. The zero-order valence-electron chi connectivity index (χ0n) is 25.5. The maximum Gasteiger partial charge on any atom is 0.272 e. The predicted molar refractivity (Wildman–Crippen MR) is 173 cm³/mol. The number of pyridine rings is 1.